The van der Waals surface area contributed by atoms with E-state index in [1.165, 1.54) is 29.9 Å². The van der Waals surface area contributed by atoms with Crippen LogP contribution in [0.5, 0.6) is 5.75 Å². The number of likely N-dealkylation sites (tertiary alicyclic amines) is 1. The van der Waals surface area contributed by atoms with E-state index in [4.69, 9.17) is 4.74 Å². The molecule has 4 rings (SSSR count). The molecule has 2 aliphatic rings. The summed E-state index contributed by atoms with van der Waals surface area (Å²) in [6.07, 6.45) is 3.11. The van der Waals surface area contributed by atoms with Gasteiger partial charge in [-0.2, -0.15) is 5.10 Å². The van der Waals surface area contributed by atoms with Gasteiger partial charge < -0.3 is 9.64 Å². The third kappa shape index (κ3) is 2.69. The number of nitrogens with one attached hydrogen (secondary N) is 1. The minimum Gasteiger partial charge on any atom is -0.496 e. The molecule has 1 N–H and O–H groups in total. The topological polar surface area (TPSA) is 80.2 Å². The van der Waals surface area contributed by atoms with Crippen molar-refractivity contribution in [1.82, 2.24) is 19.7 Å². The number of hydrogen-bond acceptors (Lipinski definition) is 4. The Morgan fingerprint density at radius 2 is 2.12 bits per heavy atom. The smallest absolute Gasteiger partial charge is 0.343 e. The summed E-state index contributed by atoms with van der Waals surface area (Å²) in [5.41, 5.74) is -0.119. The molecule has 1 saturated carbocycles. The number of halogens is 1. The van der Waals surface area contributed by atoms with Gasteiger partial charge in [0.2, 0.25) is 0 Å². The van der Waals surface area contributed by atoms with Crippen LogP contribution >= 0.6 is 0 Å². The number of H-pyrrole nitrogens is 1. The number of carbonyl (C=O) groups excluding carboxylic acids is 1. The minimum absolute atomic E-state index is 0.189. The lowest BCUT2D eigenvalue weighted by Crippen LogP contribution is -2.35. The summed E-state index contributed by atoms with van der Waals surface area (Å²) in [4.78, 5) is 26.8. The van der Waals surface area contributed by atoms with E-state index in [1.807, 2.05) is 0 Å². The highest BCUT2D eigenvalue weighted by Gasteiger charge is 2.47. The fourth-order valence-electron chi connectivity index (χ4n) is 4.02. The maximum atomic E-state index is 13.7. The zero-order valence-corrected chi connectivity index (χ0v) is 14.7. The molecule has 2 fully saturated rings. The van der Waals surface area contributed by atoms with Crippen LogP contribution in [0.2, 0.25) is 0 Å². The molecule has 1 aromatic carbocycles. The number of amides is 1. The Morgan fingerprint density at radius 1 is 1.35 bits per heavy atom. The predicted molar refractivity (Wildman–Crippen MR) is 91.4 cm³/mol. The van der Waals surface area contributed by atoms with E-state index in [-0.39, 0.29) is 29.1 Å². The quantitative estimate of drug-likeness (QED) is 0.903. The zero-order chi connectivity index (χ0) is 18.4. The lowest BCUT2D eigenvalue weighted by molar-refractivity contribution is 0.0697. The van der Waals surface area contributed by atoms with Gasteiger partial charge >= 0.3 is 5.69 Å². The third-order valence-corrected chi connectivity index (χ3v) is 5.50. The van der Waals surface area contributed by atoms with Gasteiger partial charge in [0.25, 0.3) is 5.91 Å². The Bertz CT molecular complexity index is 902. The fraction of sp³-hybridized carbons (Fsp3) is 0.500. The Labute approximate surface area is 149 Å². The maximum Gasteiger partial charge on any atom is 0.343 e. The average molecular weight is 360 g/mol. The molecule has 8 heteroatoms. The molecule has 1 saturated heterocycles. The van der Waals surface area contributed by atoms with Crippen molar-refractivity contribution in [3.63, 3.8) is 0 Å². The minimum atomic E-state index is -0.490. The Kier molecular flexibility index (Phi) is 4.05. The van der Waals surface area contributed by atoms with Crippen molar-refractivity contribution in [2.45, 2.75) is 25.3 Å². The average Bonchev–Trinajstić information content (AvgIpc) is 3.31. The summed E-state index contributed by atoms with van der Waals surface area (Å²) in [7, 11) is 3.10. The van der Waals surface area contributed by atoms with Gasteiger partial charge in [0, 0.05) is 13.6 Å². The summed E-state index contributed by atoms with van der Waals surface area (Å²) in [6, 6.07) is 3.62. The zero-order valence-electron chi connectivity index (χ0n) is 14.7. The number of nitrogens with zero attached hydrogens (tertiary/aromatic N) is 3. The van der Waals surface area contributed by atoms with Gasteiger partial charge in [-0.3, -0.25) is 9.36 Å². The van der Waals surface area contributed by atoms with Crippen LogP contribution in [0.3, 0.4) is 0 Å². The molecule has 2 unspecified atom stereocenters. The van der Waals surface area contributed by atoms with Crippen LogP contribution in [-0.4, -0.2) is 39.2 Å². The van der Waals surface area contributed by atoms with Gasteiger partial charge in [0.1, 0.15) is 11.6 Å². The first kappa shape index (κ1) is 16.8. The van der Waals surface area contributed by atoms with Crippen LogP contribution in [0.15, 0.2) is 23.0 Å². The molecular weight excluding hydrogens is 339 g/mol. The highest BCUT2D eigenvalue weighted by molar-refractivity contribution is 5.97. The number of carbonyl (C=O) groups is 1. The number of hydrogen-bond donors (Lipinski definition) is 1. The van der Waals surface area contributed by atoms with Crippen molar-refractivity contribution in [2.75, 3.05) is 13.7 Å². The summed E-state index contributed by atoms with van der Waals surface area (Å²) in [6.45, 7) is 0.547. The second-order valence-electron chi connectivity index (χ2n) is 7.02. The van der Waals surface area contributed by atoms with E-state index >= 15 is 0 Å². The molecule has 0 radical (unpaired) electrons. The van der Waals surface area contributed by atoms with E-state index in [2.05, 4.69) is 10.2 Å². The molecule has 0 bridgehead atoms. The highest BCUT2D eigenvalue weighted by atomic mass is 19.1. The molecule has 1 aromatic heterocycles. The number of methoxy groups -OCH3 is 1. The summed E-state index contributed by atoms with van der Waals surface area (Å²) < 4.78 is 20.4. The van der Waals surface area contributed by atoms with Crippen molar-refractivity contribution in [1.29, 1.82) is 0 Å². The summed E-state index contributed by atoms with van der Waals surface area (Å²) in [5, 5.41) is 6.63. The second kappa shape index (κ2) is 6.26. The van der Waals surface area contributed by atoms with Crippen molar-refractivity contribution in [3.05, 3.63) is 45.9 Å². The van der Waals surface area contributed by atoms with Crippen molar-refractivity contribution in [3.8, 4) is 5.75 Å². The van der Waals surface area contributed by atoms with Crippen LogP contribution < -0.4 is 10.4 Å². The molecule has 2 atom stereocenters. The van der Waals surface area contributed by atoms with Crippen molar-refractivity contribution < 1.29 is 13.9 Å². The molecule has 1 amide bonds. The van der Waals surface area contributed by atoms with Crippen LogP contribution in [0, 0.1) is 17.7 Å². The lowest BCUT2D eigenvalue weighted by Gasteiger charge is -2.28. The first-order valence-electron chi connectivity index (χ1n) is 8.77. The van der Waals surface area contributed by atoms with E-state index in [9.17, 15) is 14.0 Å². The SMILES string of the molecule is COc1ccc(F)cc1C(=O)N1CCC(C2CC2)C1c1n[nH]c(=O)n1C. The van der Waals surface area contributed by atoms with Gasteiger partial charge in [-0.15, -0.1) is 0 Å². The van der Waals surface area contributed by atoms with Gasteiger partial charge in [0.15, 0.2) is 5.82 Å². The molecule has 2 heterocycles. The lowest BCUT2D eigenvalue weighted by atomic mass is 9.94. The second-order valence-corrected chi connectivity index (χ2v) is 7.02. The number of ether oxygens (including phenoxy) is 1. The van der Waals surface area contributed by atoms with Crippen LogP contribution in [0.1, 0.15) is 41.5 Å². The Morgan fingerprint density at radius 3 is 2.73 bits per heavy atom. The normalized spacial score (nSPS) is 22.7. The number of aromatic nitrogens is 3. The van der Waals surface area contributed by atoms with Crippen LogP contribution in [-0.2, 0) is 7.05 Å². The Balaban J connectivity index is 1.74. The molecule has 1 aliphatic heterocycles. The monoisotopic (exact) mass is 360 g/mol. The molecular formula is C18H21FN4O3. The van der Waals surface area contributed by atoms with Gasteiger partial charge in [-0.25, -0.2) is 14.3 Å². The first-order valence-corrected chi connectivity index (χ1v) is 8.77. The number of aromatic amines is 1. The molecule has 7 nitrogen and oxygen atoms in total. The van der Waals surface area contributed by atoms with Gasteiger partial charge in [0.05, 0.1) is 18.7 Å². The number of rotatable bonds is 4. The van der Waals surface area contributed by atoms with Gasteiger partial charge in [-0.05, 0) is 49.3 Å². The molecule has 138 valence electrons. The maximum absolute atomic E-state index is 13.7. The van der Waals surface area contributed by atoms with E-state index in [1.54, 1.807) is 11.9 Å². The molecule has 1 aliphatic carbocycles. The van der Waals surface area contributed by atoms with E-state index in [0.29, 0.717) is 24.0 Å². The summed E-state index contributed by atoms with van der Waals surface area (Å²) in [5.74, 6) is 0.890. The van der Waals surface area contributed by atoms with E-state index < -0.39 is 5.82 Å². The molecule has 2 aromatic rings. The van der Waals surface area contributed by atoms with Crippen LogP contribution in [0.25, 0.3) is 0 Å². The van der Waals surface area contributed by atoms with Crippen LogP contribution in [0.4, 0.5) is 4.39 Å². The van der Waals surface area contributed by atoms with Gasteiger partial charge in [-0.1, -0.05) is 0 Å². The van der Waals surface area contributed by atoms with Crippen molar-refractivity contribution in [2.24, 2.45) is 18.9 Å². The Hall–Kier alpha value is -2.64. The first-order chi connectivity index (χ1) is 12.5. The van der Waals surface area contributed by atoms with E-state index in [0.717, 1.165) is 19.3 Å². The third-order valence-electron chi connectivity index (χ3n) is 5.50. The largest absolute Gasteiger partial charge is 0.496 e. The highest BCUT2D eigenvalue weighted by Crippen LogP contribution is 2.50. The number of benzene rings is 1. The molecule has 26 heavy (non-hydrogen) atoms. The van der Waals surface area contributed by atoms with Crippen molar-refractivity contribution >= 4 is 5.91 Å². The molecule has 0 spiro atoms. The standard InChI is InChI=1S/C18H21FN4O3/c1-22-16(20-21-18(22)25)15-12(10-3-4-10)7-8-23(15)17(24)13-9-11(19)5-6-14(13)26-2/h5-6,9-10,12,15H,3-4,7-8H2,1-2H3,(H,21,25). The predicted octanol–water partition coefficient (Wildman–Crippen LogP) is 1.87. The fourth-order valence-corrected chi connectivity index (χ4v) is 4.02. The summed E-state index contributed by atoms with van der Waals surface area (Å²) >= 11 is 0.